The molecule has 1 fully saturated rings. The maximum atomic E-state index is 13.4. The maximum absolute atomic E-state index is 13.4. The zero-order chi connectivity index (χ0) is 21.7. The number of aromatic amines is 1. The largest absolute Gasteiger partial charge is 0.357 e. The topological polar surface area (TPSA) is 79.7 Å². The Morgan fingerprint density at radius 2 is 1.94 bits per heavy atom. The molecule has 7 nitrogen and oxygen atoms in total. The molecule has 0 spiro atoms. The summed E-state index contributed by atoms with van der Waals surface area (Å²) in [5.41, 5.74) is 5.06. The molecule has 6 rings (SSSR count). The predicted octanol–water partition coefficient (Wildman–Crippen LogP) is 4.09. The molecule has 1 saturated carbocycles. The van der Waals surface area contributed by atoms with E-state index in [4.69, 9.17) is 0 Å². The number of benzene rings is 2. The van der Waals surface area contributed by atoms with Gasteiger partial charge in [0.1, 0.15) is 6.04 Å². The Labute approximate surface area is 186 Å². The van der Waals surface area contributed by atoms with Gasteiger partial charge in [-0.05, 0) is 71.8 Å². The number of hydrogen-bond acceptors (Lipinski definition) is 5. The molecule has 1 atom stereocenters. The Morgan fingerprint density at radius 1 is 1.09 bits per heavy atom. The molecule has 1 unspecified atom stereocenters. The minimum Gasteiger partial charge on any atom is -0.357 e. The minimum absolute atomic E-state index is 0.0864. The van der Waals surface area contributed by atoms with E-state index in [0.29, 0.717) is 11.6 Å². The van der Waals surface area contributed by atoms with Gasteiger partial charge < -0.3 is 9.88 Å². The van der Waals surface area contributed by atoms with Gasteiger partial charge in [-0.3, -0.25) is 4.79 Å². The average Bonchev–Trinajstić information content (AvgIpc) is 3.56. The molecule has 3 heterocycles. The molecule has 162 valence electrons. The molecule has 1 aliphatic heterocycles. The molecule has 2 aromatic carbocycles. The number of anilines is 1. The number of nitrogens with one attached hydrogen (secondary N) is 1. The van der Waals surface area contributed by atoms with Gasteiger partial charge in [0.25, 0.3) is 5.56 Å². The number of aryl methyl sites for hydroxylation is 1. The summed E-state index contributed by atoms with van der Waals surface area (Å²) < 4.78 is 1.98. The van der Waals surface area contributed by atoms with Gasteiger partial charge in [-0.2, -0.15) is 0 Å². The third kappa shape index (κ3) is 3.11. The molecule has 0 saturated heterocycles. The summed E-state index contributed by atoms with van der Waals surface area (Å²) in [5, 5.41) is 14.0. The molecular weight excluding hydrogens is 400 g/mol. The van der Waals surface area contributed by atoms with Crippen LogP contribution in [-0.2, 0) is 6.42 Å². The number of tetrazole rings is 1. The van der Waals surface area contributed by atoms with Crippen molar-refractivity contribution in [2.45, 2.75) is 51.1 Å². The summed E-state index contributed by atoms with van der Waals surface area (Å²) in [6.45, 7) is 2.89. The number of hydrogen-bond donors (Lipinski definition) is 1. The molecule has 2 aliphatic rings. The van der Waals surface area contributed by atoms with Crippen molar-refractivity contribution in [1.29, 1.82) is 0 Å². The van der Waals surface area contributed by atoms with Crippen LogP contribution in [0.15, 0.2) is 53.3 Å². The first-order chi connectivity index (χ1) is 15.7. The molecule has 7 heteroatoms. The lowest BCUT2D eigenvalue weighted by Gasteiger charge is -2.30. The Kier molecular flexibility index (Phi) is 4.56. The standard InChI is InChI=1S/C25H26N6O/c1-16-10-11-21-18(14-16)15-20(25(32)26-21)23(30-13-12-17-6-2-5-9-22(17)30)24-27-28-29-31(24)19-7-3-4-8-19/h2,5-6,9-11,14-15,19,23H,3-4,7-8,12-13H2,1H3,(H,26,32). The lowest BCUT2D eigenvalue weighted by atomic mass is 10.0. The van der Waals surface area contributed by atoms with Crippen LogP contribution >= 0.6 is 0 Å². The lowest BCUT2D eigenvalue weighted by Crippen LogP contribution is -2.34. The van der Waals surface area contributed by atoms with E-state index in [2.05, 4.69) is 62.7 Å². The van der Waals surface area contributed by atoms with Gasteiger partial charge in [0.15, 0.2) is 5.82 Å². The first-order valence-electron chi connectivity index (χ1n) is 11.4. The normalized spacial score (nSPS) is 17.2. The van der Waals surface area contributed by atoms with Crippen molar-refractivity contribution in [3.05, 3.63) is 81.4 Å². The monoisotopic (exact) mass is 426 g/mol. The van der Waals surface area contributed by atoms with Crippen LogP contribution in [0, 0.1) is 6.92 Å². The molecule has 4 aromatic rings. The van der Waals surface area contributed by atoms with E-state index in [-0.39, 0.29) is 11.6 Å². The summed E-state index contributed by atoms with van der Waals surface area (Å²) >= 11 is 0. The average molecular weight is 427 g/mol. The molecule has 1 N–H and O–H groups in total. The quantitative estimate of drug-likeness (QED) is 0.532. The third-order valence-electron chi connectivity index (χ3n) is 6.99. The summed E-state index contributed by atoms with van der Waals surface area (Å²) in [6, 6.07) is 16.5. The third-order valence-corrected chi connectivity index (χ3v) is 6.99. The second-order valence-electron chi connectivity index (χ2n) is 9.04. The number of fused-ring (bicyclic) bond motifs is 2. The molecule has 1 aliphatic carbocycles. The van der Waals surface area contributed by atoms with Crippen molar-refractivity contribution in [2.24, 2.45) is 0 Å². The van der Waals surface area contributed by atoms with Crippen molar-refractivity contribution >= 4 is 16.6 Å². The summed E-state index contributed by atoms with van der Waals surface area (Å²) in [7, 11) is 0. The second kappa shape index (κ2) is 7.58. The number of H-pyrrole nitrogens is 1. The van der Waals surface area contributed by atoms with E-state index in [1.165, 1.54) is 18.4 Å². The zero-order valence-corrected chi connectivity index (χ0v) is 18.2. The smallest absolute Gasteiger partial charge is 0.254 e. The summed E-state index contributed by atoms with van der Waals surface area (Å²) in [4.78, 5) is 18.8. The first kappa shape index (κ1) is 19.2. The van der Waals surface area contributed by atoms with E-state index in [9.17, 15) is 4.79 Å². The predicted molar refractivity (Wildman–Crippen MR) is 124 cm³/mol. The molecule has 0 radical (unpaired) electrons. The Morgan fingerprint density at radius 3 is 2.81 bits per heavy atom. The highest BCUT2D eigenvalue weighted by Gasteiger charge is 2.35. The van der Waals surface area contributed by atoms with Gasteiger partial charge in [-0.25, -0.2) is 4.68 Å². The van der Waals surface area contributed by atoms with Crippen molar-refractivity contribution in [2.75, 3.05) is 11.4 Å². The number of nitrogens with zero attached hydrogens (tertiary/aromatic N) is 5. The first-order valence-corrected chi connectivity index (χ1v) is 11.4. The Bertz CT molecular complexity index is 1350. The highest BCUT2D eigenvalue weighted by atomic mass is 16.1. The van der Waals surface area contributed by atoms with Gasteiger partial charge in [0.05, 0.1) is 6.04 Å². The van der Waals surface area contributed by atoms with Crippen molar-refractivity contribution in [3.8, 4) is 0 Å². The molecular formula is C25H26N6O. The van der Waals surface area contributed by atoms with Crippen molar-refractivity contribution in [3.63, 3.8) is 0 Å². The minimum atomic E-state index is -0.345. The van der Waals surface area contributed by atoms with Gasteiger partial charge in [-0.15, -0.1) is 5.10 Å². The van der Waals surface area contributed by atoms with E-state index < -0.39 is 0 Å². The fourth-order valence-electron chi connectivity index (χ4n) is 5.41. The Hall–Kier alpha value is -3.48. The van der Waals surface area contributed by atoms with Crippen LogP contribution < -0.4 is 10.5 Å². The summed E-state index contributed by atoms with van der Waals surface area (Å²) in [6.07, 6.45) is 5.49. The second-order valence-corrected chi connectivity index (χ2v) is 9.04. The Balaban J connectivity index is 1.56. The van der Waals surface area contributed by atoms with Crippen LogP contribution in [0.2, 0.25) is 0 Å². The number of aromatic nitrogens is 5. The van der Waals surface area contributed by atoms with E-state index in [1.807, 2.05) is 22.9 Å². The number of rotatable bonds is 4. The van der Waals surface area contributed by atoms with Crippen LogP contribution in [0.4, 0.5) is 5.69 Å². The van der Waals surface area contributed by atoms with Gasteiger partial charge in [0.2, 0.25) is 0 Å². The maximum Gasteiger partial charge on any atom is 0.254 e. The fourth-order valence-corrected chi connectivity index (χ4v) is 5.41. The van der Waals surface area contributed by atoms with Crippen molar-refractivity contribution < 1.29 is 0 Å². The lowest BCUT2D eigenvalue weighted by molar-refractivity contribution is 0.428. The van der Waals surface area contributed by atoms with Crippen molar-refractivity contribution in [1.82, 2.24) is 25.2 Å². The molecule has 0 amide bonds. The van der Waals surface area contributed by atoms with Crippen LogP contribution in [0.1, 0.15) is 60.3 Å². The van der Waals surface area contributed by atoms with E-state index >= 15 is 0 Å². The van der Waals surface area contributed by atoms with E-state index in [0.717, 1.165) is 53.8 Å². The van der Waals surface area contributed by atoms with Crippen LogP contribution in [0.25, 0.3) is 10.9 Å². The van der Waals surface area contributed by atoms with Crippen LogP contribution in [-0.4, -0.2) is 31.7 Å². The van der Waals surface area contributed by atoms with Crippen LogP contribution in [0.3, 0.4) is 0 Å². The SMILES string of the molecule is Cc1ccc2[nH]c(=O)c(C(c3nnnn3C3CCCC3)N3CCc4ccccc43)cc2c1. The fraction of sp³-hybridized carbons (Fsp3) is 0.360. The molecule has 0 bridgehead atoms. The summed E-state index contributed by atoms with van der Waals surface area (Å²) in [5.74, 6) is 0.756. The van der Waals surface area contributed by atoms with Gasteiger partial charge in [-0.1, -0.05) is 42.7 Å². The zero-order valence-electron chi connectivity index (χ0n) is 18.2. The van der Waals surface area contributed by atoms with Crippen LogP contribution in [0.5, 0.6) is 0 Å². The molecule has 2 aromatic heterocycles. The number of para-hydroxylation sites is 1. The highest BCUT2D eigenvalue weighted by molar-refractivity contribution is 5.80. The van der Waals surface area contributed by atoms with Gasteiger partial charge >= 0.3 is 0 Å². The van der Waals surface area contributed by atoms with Gasteiger partial charge in [0, 0.05) is 23.3 Å². The molecule has 32 heavy (non-hydrogen) atoms. The van der Waals surface area contributed by atoms with E-state index in [1.54, 1.807) is 0 Å². The highest BCUT2D eigenvalue weighted by Crippen LogP contribution is 2.39. The number of pyridine rings is 1.